The van der Waals surface area contributed by atoms with Crippen molar-refractivity contribution >= 4 is 71.0 Å². The first-order chi connectivity index (χ1) is 33.0. The molecule has 0 bridgehead atoms. The van der Waals surface area contributed by atoms with Crippen molar-refractivity contribution in [3.8, 4) is 0 Å². The Labute approximate surface area is 403 Å². The van der Waals surface area contributed by atoms with E-state index >= 15 is 0 Å². The molecule has 0 aromatic rings. The highest BCUT2D eigenvalue weighted by Gasteiger charge is 2.45. The molecule has 70 heavy (non-hydrogen) atoms. The summed E-state index contributed by atoms with van der Waals surface area (Å²) in [6, 6.07) is -10.9. The lowest BCUT2D eigenvalue weighted by Gasteiger charge is -2.34. The molecule has 4 fully saturated rings. The Morgan fingerprint density at radius 3 is 1.70 bits per heavy atom. The van der Waals surface area contributed by atoms with Gasteiger partial charge in [-0.2, -0.15) is 0 Å². The van der Waals surface area contributed by atoms with Gasteiger partial charge in [-0.3, -0.25) is 52.7 Å². The summed E-state index contributed by atoms with van der Waals surface area (Å²) < 4.78 is 0. The minimum Gasteiger partial charge on any atom is -0.481 e. The molecule has 0 aromatic carbocycles. The Hall–Kier alpha value is -6.48. The molecule has 390 valence electrons. The average molecular weight is 994 g/mol. The fraction of sp³-hybridized carbons (Fsp3) is 0.721. The molecule has 10 atom stereocenters. The summed E-state index contributed by atoms with van der Waals surface area (Å²) in [4.78, 5) is 159. The second kappa shape index (κ2) is 25.9. The number of nitrogens with zero attached hydrogens (tertiary/aromatic N) is 3. The smallest absolute Gasteiger partial charge is 0.326 e. The molecule has 0 radical (unpaired) electrons. The van der Waals surface area contributed by atoms with E-state index in [1.807, 2.05) is 0 Å². The molecular weight excluding hydrogens is 927 g/mol. The lowest BCUT2D eigenvalue weighted by Crippen LogP contribution is -2.60. The zero-order valence-corrected chi connectivity index (χ0v) is 39.7. The van der Waals surface area contributed by atoms with Gasteiger partial charge in [0.2, 0.25) is 59.1 Å². The zero-order chi connectivity index (χ0) is 52.0. The molecule has 0 unspecified atom stereocenters. The average Bonchev–Trinajstić information content (AvgIpc) is 4.16. The second-order valence-electron chi connectivity index (χ2n) is 18.2. The van der Waals surface area contributed by atoms with Gasteiger partial charge in [0, 0.05) is 19.6 Å². The number of nitrogens with one attached hydrogen (secondary N) is 8. The number of carboxylic acid groups (broad SMARTS) is 2. The van der Waals surface area contributed by atoms with Gasteiger partial charge in [-0.1, -0.05) is 13.8 Å². The maximum atomic E-state index is 14.1. The fourth-order valence-corrected chi connectivity index (χ4v) is 8.84. The van der Waals surface area contributed by atoms with E-state index in [1.54, 1.807) is 13.8 Å². The fourth-order valence-electron chi connectivity index (χ4n) is 8.84. The highest BCUT2D eigenvalue weighted by atomic mass is 16.4. The summed E-state index contributed by atoms with van der Waals surface area (Å²) in [7, 11) is 0. The van der Waals surface area contributed by atoms with E-state index in [0.29, 0.717) is 38.6 Å². The number of carboxylic acids is 2. The Morgan fingerprint density at radius 1 is 0.586 bits per heavy atom. The van der Waals surface area contributed by atoms with Crippen molar-refractivity contribution in [2.75, 3.05) is 45.9 Å². The first kappa shape index (κ1) is 56.1. The van der Waals surface area contributed by atoms with Gasteiger partial charge in [0.05, 0.1) is 38.3 Å². The Morgan fingerprint density at radius 2 is 1.14 bits per heavy atom. The van der Waals surface area contributed by atoms with Crippen LogP contribution in [0.1, 0.15) is 85.5 Å². The lowest BCUT2D eigenvalue weighted by molar-refractivity contribution is -0.149. The molecule has 10 amide bonds. The number of aliphatic carboxylic acids is 2. The molecule has 0 spiro atoms. The normalized spacial score (nSPS) is 22.4. The number of carbonyl (C=O) groups is 12. The maximum Gasteiger partial charge on any atom is 0.326 e. The topological polar surface area (TPSA) is 392 Å². The summed E-state index contributed by atoms with van der Waals surface area (Å²) in [5.41, 5.74) is 0. The van der Waals surface area contributed by atoms with Gasteiger partial charge in [0.15, 0.2) is 0 Å². The number of rotatable bonds is 23. The molecule has 12 N–H and O–H groups in total. The third kappa shape index (κ3) is 15.0. The van der Waals surface area contributed by atoms with Crippen LogP contribution in [0.3, 0.4) is 0 Å². The summed E-state index contributed by atoms with van der Waals surface area (Å²) in [6.07, 6.45) is 0.984. The van der Waals surface area contributed by atoms with Crippen molar-refractivity contribution in [3.05, 3.63) is 0 Å². The molecule has 27 heteroatoms. The molecule has 27 nitrogen and oxygen atoms in total. The highest BCUT2D eigenvalue weighted by Crippen LogP contribution is 2.27. The number of hydrogen-bond acceptors (Lipinski definition) is 15. The van der Waals surface area contributed by atoms with Crippen molar-refractivity contribution in [2.24, 2.45) is 5.92 Å². The molecule has 4 aliphatic rings. The van der Waals surface area contributed by atoms with Gasteiger partial charge in [0.1, 0.15) is 48.3 Å². The summed E-state index contributed by atoms with van der Waals surface area (Å²) >= 11 is 0. The van der Waals surface area contributed by atoms with Gasteiger partial charge in [0.25, 0.3) is 0 Å². The van der Waals surface area contributed by atoms with Crippen LogP contribution in [0, 0.1) is 5.92 Å². The van der Waals surface area contributed by atoms with Crippen molar-refractivity contribution in [2.45, 2.75) is 146 Å². The zero-order valence-electron chi connectivity index (χ0n) is 39.7. The quantitative estimate of drug-likeness (QED) is 0.0453. The third-order valence-corrected chi connectivity index (χ3v) is 12.6. The number of hydrogen-bond donors (Lipinski definition) is 12. The van der Waals surface area contributed by atoms with Crippen molar-refractivity contribution in [1.82, 2.24) is 57.2 Å². The summed E-state index contributed by atoms with van der Waals surface area (Å²) in [5.74, 6) is -11.2. The van der Waals surface area contributed by atoms with Gasteiger partial charge < -0.3 is 77.7 Å². The van der Waals surface area contributed by atoms with E-state index in [9.17, 15) is 78.0 Å². The van der Waals surface area contributed by atoms with Crippen LogP contribution >= 0.6 is 0 Å². The van der Waals surface area contributed by atoms with E-state index in [-0.39, 0.29) is 44.3 Å². The van der Waals surface area contributed by atoms with Gasteiger partial charge >= 0.3 is 11.9 Å². The standard InChI is InChI=1S/C43H67N11O16/c1-21(2)33(50-36(62)24-9-5-13-44-24)42(68)53-15-7-11-28(53)41(67)52-14-6-10-27(52)38(64)51-34(23(4)56)39(65)46-19-31(58)48-25(17-32(59)60)37(63)49-26(20-55)35(61)45-18-30(57)47-22(3)40(66)54-16-8-12-29(54)43(69)70/h21-29,33-34,44,55-56H,5-20H2,1-4H3,(H,45,61)(H,46,65)(H,47,57)(H,48,58)(H,49,63)(H,50,62)(H,51,64)(H,59,60)(H,69,70)/t22-,23+,24-,25-,26-,27-,28-,29-,33-,34-/m0/s1. The van der Waals surface area contributed by atoms with Gasteiger partial charge in [-0.25, -0.2) is 4.79 Å². The number of aliphatic hydroxyl groups is 2. The Balaban J connectivity index is 1.29. The number of amides is 10. The number of aliphatic hydroxyl groups excluding tert-OH is 2. The van der Waals surface area contributed by atoms with Crippen LogP contribution in [-0.2, 0) is 57.5 Å². The molecule has 0 saturated carbocycles. The molecule has 4 rings (SSSR count). The van der Waals surface area contributed by atoms with Crippen molar-refractivity contribution in [1.29, 1.82) is 0 Å². The van der Waals surface area contributed by atoms with Crippen LogP contribution in [0.2, 0.25) is 0 Å². The maximum absolute atomic E-state index is 14.1. The second-order valence-corrected chi connectivity index (χ2v) is 18.2. The van der Waals surface area contributed by atoms with E-state index in [2.05, 4.69) is 42.5 Å². The monoisotopic (exact) mass is 993 g/mol. The minimum absolute atomic E-state index is 0.158. The van der Waals surface area contributed by atoms with E-state index < -0.39 is 152 Å². The van der Waals surface area contributed by atoms with Crippen LogP contribution in [0.15, 0.2) is 0 Å². The van der Waals surface area contributed by atoms with Crippen LogP contribution in [-0.4, -0.2) is 212 Å². The molecule has 0 aliphatic carbocycles. The predicted molar refractivity (Wildman–Crippen MR) is 240 cm³/mol. The highest BCUT2D eigenvalue weighted by molar-refractivity contribution is 5.99. The predicted octanol–water partition coefficient (Wildman–Crippen LogP) is -6.02. The van der Waals surface area contributed by atoms with Crippen LogP contribution < -0.4 is 42.5 Å². The Kier molecular flexibility index (Phi) is 20.8. The van der Waals surface area contributed by atoms with Crippen LogP contribution in [0.4, 0.5) is 0 Å². The molecule has 4 aliphatic heterocycles. The molecule has 4 heterocycles. The Bertz CT molecular complexity index is 2000. The summed E-state index contributed by atoms with van der Waals surface area (Å²) in [5, 5.41) is 58.3. The van der Waals surface area contributed by atoms with Crippen LogP contribution in [0.5, 0.6) is 0 Å². The third-order valence-electron chi connectivity index (χ3n) is 12.6. The largest absolute Gasteiger partial charge is 0.481 e. The van der Waals surface area contributed by atoms with E-state index in [1.165, 1.54) is 23.6 Å². The lowest BCUT2D eigenvalue weighted by atomic mass is 10.0. The number of likely N-dealkylation sites (tertiary alicyclic amines) is 3. The molecule has 0 aromatic heterocycles. The van der Waals surface area contributed by atoms with E-state index in [0.717, 1.165) is 11.3 Å². The summed E-state index contributed by atoms with van der Waals surface area (Å²) in [6.45, 7) is 4.62. The van der Waals surface area contributed by atoms with Gasteiger partial charge in [-0.05, 0) is 77.7 Å². The molecular formula is C43H67N11O16. The van der Waals surface area contributed by atoms with Crippen molar-refractivity contribution < 1.29 is 78.0 Å². The van der Waals surface area contributed by atoms with Crippen LogP contribution in [0.25, 0.3) is 0 Å². The van der Waals surface area contributed by atoms with Gasteiger partial charge in [-0.15, -0.1) is 0 Å². The van der Waals surface area contributed by atoms with Crippen molar-refractivity contribution in [3.63, 3.8) is 0 Å². The first-order valence-corrected chi connectivity index (χ1v) is 23.5. The first-order valence-electron chi connectivity index (χ1n) is 23.5. The molecule has 4 saturated heterocycles. The SMILES string of the molecule is CC(C)[C@H](NC(=O)[C@@H]1CCCN1)C(=O)N1CCC[C@H]1C(=O)N1CCC[C@H]1C(=O)N[C@H](C(=O)NCC(=O)N[C@@H](CC(=O)O)C(=O)N[C@@H](CO)C(=O)NCC(=O)N[C@@H](C)C(=O)N1CCC[C@H]1C(=O)O)[C@@H](C)O. The number of carbonyl (C=O) groups excluding carboxylic acids is 10. The minimum atomic E-state index is -1.88. The van der Waals surface area contributed by atoms with E-state index in [4.69, 9.17) is 0 Å².